The molecule has 160 valence electrons. The average Bonchev–Trinajstić information content (AvgIpc) is 2.74. The van der Waals surface area contributed by atoms with Crippen molar-refractivity contribution < 1.29 is 14.3 Å². The summed E-state index contributed by atoms with van der Waals surface area (Å²) in [6.45, 7) is 4.63. The molecule has 2 amide bonds. The van der Waals surface area contributed by atoms with Gasteiger partial charge in [0, 0.05) is 42.1 Å². The number of nitrogens with zero attached hydrogens (tertiary/aromatic N) is 2. The highest BCUT2D eigenvalue weighted by molar-refractivity contribution is 5.94. The normalized spacial score (nSPS) is 16.2. The number of likely N-dealkylation sites (tertiary alicyclic amines) is 1. The summed E-state index contributed by atoms with van der Waals surface area (Å²) in [6, 6.07) is 11.4. The Bertz CT molecular complexity index is 861. The quantitative estimate of drug-likeness (QED) is 0.695. The molecular weight excluding hydrogens is 380 g/mol. The number of amides is 2. The number of nitrogens with one attached hydrogen (secondary N) is 1. The van der Waals surface area contributed by atoms with Crippen LogP contribution in [-0.2, 0) is 9.53 Å². The van der Waals surface area contributed by atoms with E-state index >= 15 is 0 Å². The third-order valence-electron chi connectivity index (χ3n) is 5.46. The molecule has 0 unspecified atom stereocenters. The first kappa shape index (κ1) is 21.9. The molecule has 30 heavy (non-hydrogen) atoms. The minimum absolute atomic E-state index is 0.0198. The van der Waals surface area contributed by atoms with Gasteiger partial charge in [0.2, 0.25) is 11.8 Å². The molecule has 1 aromatic carbocycles. The molecule has 2 aromatic rings. The Labute approximate surface area is 177 Å². The van der Waals surface area contributed by atoms with E-state index in [9.17, 15) is 9.59 Å². The zero-order chi connectivity index (χ0) is 21.5. The van der Waals surface area contributed by atoms with E-state index in [0.717, 1.165) is 42.8 Å². The van der Waals surface area contributed by atoms with E-state index in [4.69, 9.17) is 10.5 Å². The number of aromatic nitrogens is 1. The first-order chi connectivity index (χ1) is 14.5. The maximum absolute atomic E-state index is 12.1. The van der Waals surface area contributed by atoms with Crippen LogP contribution in [0.2, 0.25) is 0 Å². The molecule has 1 aromatic heterocycles. The Morgan fingerprint density at radius 2 is 2.00 bits per heavy atom. The van der Waals surface area contributed by atoms with Gasteiger partial charge in [0.1, 0.15) is 0 Å². The van der Waals surface area contributed by atoms with Crippen molar-refractivity contribution in [2.24, 2.45) is 5.73 Å². The smallest absolute Gasteiger partial charge is 0.248 e. The monoisotopic (exact) mass is 410 g/mol. The van der Waals surface area contributed by atoms with Crippen LogP contribution in [0.1, 0.15) is 41.7 Å². The van der Waals surface area contributed by atoms with Crippen LogP contribution in [-0.4, -0.2) is 61.1 Å². The molecule has 1 fully saturated rings. The molecule has 3 N–H and O–H groups in total. The van der Waals surface area contributed by atoms with Crippen molar-refractivity contribution >= 4 is 11.8 Å². The molecule has 1 aliphatic rings. The van der Waals surface area contributed by atoms with E-state index in [1.807, 2.05) is 31.3 Å². The summed E-state index contributed by atoms with van der Waals surface area (Å²) in [4.78, 5) is 30.4. The van der Waals surface area contributed by atoms with Crippen molar-refractivity contribution in [1.29, 1.82) is 0 Å². The Morgan fingerprint density at radius 1 is 1.23 bits per heavy atom. The zero-order valence-electron chi connectivity index (χ0n) is 17.6. The second-order valence-electron chi connectivity index (χ2n) is 7.89. The van der Waals surface area contributed by atoms with Crippen LogP contribution >= 0.6 is 0 Å². The van der Waals surface area contributed by atoms with Crippen molar-refractivity contribution in [3.05, 3.63) is 53.9 Å². The third-order valence-corrected chi connectivity index (χ3v) is 5.46. The lowest BCUT2D eigenvalue weighted by atomic mass is 9.92. The SMILES string of the molecule is COC[C@@H](C)NC(=O)CN1CCC(c2ccc(-c3cccc(C(N)=O)c3)cn2)CC1. The number of methoxy groups -OCH3 is 1. The van der Waals surface area contributed by atoms with Crippen LogP contribution in [0.3, 0.4) is 0 Å². The molecule has 0 bridgehead atoms. The number of piperidine rings is 1. The van der Waals surface area contributed by atoms with Gasteiger partial charge >= 0.3 is 0 Å². The van der Waals surface area contributed by atoms with Gasteiger partial charge in [-0.15, -0.1) is 0 Å². The fourth-order valence-electron chi connectivity index (χ4n) is 3.87. The van der Waals surface area contributed by atoms with Gasteiger partial charge in [-0.1, -0.05) is 18.2 Å². The predicted molar refractivity (Wildman–Crippen MR) is 116 cm³/mol. The molecule has 3 rings (SSSR count). The highest BCUT2D eigenvalue weighted by atomic mass is 16.5. The van der Waals surface area contributed by atoms with E-state index in [1.165, 1.54) is 0 Å². The maximum atomic E-state index is 12.1. The first-order valence-corrected chi connectivity index (χ1v) is 10.3. The van der Waals surface area contributed by atoms with E-state index in [2.05, 4.69) is 21.3 Å². The van der Waals surface area contributed by atoms with Gasteiger partial charge in [-0.25, -0.2) is 0 Å². The van der Waals surface area contributed by atoms with Crippen molar-refractivity contribution in [2.45, 2.75) is 31.7 Å². The molecular formula is C23H30N4O3. The van der Waals surface area contributed by atoms with Gasteiger partial charge in [-0.3, -0.25) is 19.5 Å². The van der Waals surface area contributed by atoms with E-state index in [0.29, 0.717) is 24.6 Å². The number of rotatable bonds is 8. The fourth-order valence-corrected chi connectivity index (χ4v) is 3.87. The summed E-state index contributed by atoms with van der Waals surface area (Å²) in [6.07, 6.45) is 3.81. The molecule has 7 heteroatoms. The Balaban J connectivity index is 1.53. The number of primary amides is 1. The van der Waals surface area contributed by atoms with Gasteiger partial charge in [0.15, 0.2) is 0 Å². The van der Waals surface area contributed by atoms with Gasteiger partial charge in [0.05, 0.1) is 13.2 Å². The number of hydrogen-bond donors (Lipinski definition) is 2. The number of ether oxygens (including phenoxy) is 1. The van der Waals surface area contributed by atoms with Crippen LogP contribution in [0.25, 0.3) is 11.1 Å². The molecule has 0 aliphatic carbocycles. The standard InChI is InChI=1S/C23H30N4O3/c1-16(15-30-2)26-22(28)14-27-10-8-17(9-11-27)21-7-6-20(13-25-21)18-4-3-5-19(12-18)23(24)29/h3-7,12-13,16-17H,8-11,14-15H2,1-2H3,(H2,24,29)(H,26,28)/t16-/m1/s1. The Morgan fingerprint density at radius 3 is 2.63 bits per heavy atom. The van der Waals surface area contributed by atoms with E-state index in [-0.39, 0.29) is 11.9 Å². The predicted octanol–water partition coefficient (Wildman–Crippen LogP) is 2.18. The molecule has 0 radical (unpaired) electrons. The molecule has 0 spiro atoms. The fraction of sp³-hybridized carbons (Fsp3) is 0.435. The number of carbonyl (C=O) groups excluding carboxylic acids is 2. The summed E-state index contributed by atoms with van der Waals surface area (Å²) in [7, 11) is 1.63. The molecule has 1 atom stereocenters. The van der Waals surface area contributed by atoms with Crippen molar-refractivity contribution in [1.82, 2.24) is 15.2 Å². The highest BCUT2D eigenvalue weighted by Crippen LogP contribution is 2.28. The largest absolute Gasteiger partial charge is 0.383 e. The average molecular weight is 411 g/mol. The van der Waals surface area contributed by atoms with Crippen LogP contribution in [0.4, 0.5) is 0 Å². The van der Waals surface area contributed by atoms with Crippen LogP contribution < -0.4 is 11.1 Å². The lowest BCUT2D eigenvalue weighted by Gasteiger charge is -2.31. The molecule has 0 saturated carbocycles. The van der Waals surface area contributed by atoms with Crippen molar-refractivity contribution in [3.63, 3.8) is 0 Å². The number of hydrogen-bond acceptors (Lipinski definition) is 5. The van der Waals surface area contributed by atoms with Crippen LogP contribution in [0.15, 0.2) is 42.6 Å². The number of nitrogens with two attached hydrogens (primary N) is 1. The molecule has 1 aliphatic heterocycles. The van der Waals surface area contributed by atoms with Gasteiger partial charge in [-0.05, 0) is 56.6 Å². The first-order valence-electron chi connectivity index (χ1n) is 10.3. The van der Waals surface area contributed by atoms with Crippen LogP contribution in [0.5, 0.6) is 0 Å². The summed E-state index contributed by atoms with van der Waals surface area (Å²) in [5.41, 5.74) is 8.82. The minimum atomic E-state index is -0.435. The minimum Gasteiger partial charge on any atom is -0.383 e. The van der Waals surface area contributed by atoms with Gasteiger partial charge in [-0.2, -0.15) is 0 Å². The Kier molecular flexibility index (Phi) is 7.54. The maximum Gasteiger partial charge on any atom is 0.248 e. The summed E-state index contributed by atoms with van der Waals surface area (Å²) in [5, 5.41) is 2.96. The molecule has 1 saturated heterocycles. The van der Waals surface area contributed by atoms with E-state index < -0.39 is 5.91 Å². The summed E-state index contributed by atoms with van der Waals surface area (Å²) >= 11 is 0. The number of carbonyl (C=O) groups is 2. The highest BCUT2D eigenvalue weighted by Gasteiger charge is 2.23. The second kappa shape index (κ2) is 10.3. The van der Waals surface area contributed by atoms with Crippen molar-refractivity contribution in [3.8, 4) is 11.1 Å². The van der Waals surface area contributed by atoms with E-state index in [1.54, 1.807) is 19.2 Å². The summed E-state index contributed by atoms with van der Waals surface area (Å²) < 4.78 is 5.05. The van der Waals surface area contributed by atoms with Gasteiger partial charge in [0.25, 0.3) is 0 Å². The number of benzene rings is 1. The summed E-state index contributed by atoms with van der Waals surface area (Å²) in [5.74, 6) is -0.00331. The Hall–Kier alpha value is -2.77. The van der Waals surface area contributed by atoms with Gasteiger partial charge < -0.3 is 15.8 Å². The zero-order valence-corrected chi connectivity index (χ0v) is 17.6. The lowest BCUT2D eigenvalue weighted by molar-refractivity contribution is -0.123. The number of pyridine rings is 1. The third kappa shape index (κ3) is 5.87. The molecule has 7 nitrogen and oxygen atoms in total. The topological polar surface area (TPSA) is 97.5 Å². The van der Waals surface area contributed by atoms with Crippen molar-refractivity contribution in [2.75, 3.05) is 33.4 Å². The van der Waals surface area contributed by atoms with Crippen LogP contribution in [0, 0.1) is 0 Å². The lowest BCUT2D eigenvalue weighted by Crippen LogP contribution is -2.44. The molecule has 2 heterocycles. The second-order valence-corrected chi connectivity index (χ2v) is 7.89.